The highest BCUT2D eigenvalue weighted by Crippen LogP contribution is 2.21. The number of nitrogens with zero attached hydrogens (tertiary/aromatic N) is 2. The average Bonchev–Trinajstić information content (AvgIpc) is 2.13. The molecular weight excluding hydrogens is 219 g/mol. The van der Waals surface area contributed by atoms with Gasteiger partial charge < -0.3 is 0 Å². The zero-order valence-corrected chi connectivity index (χ0v) is 6.99. The molecule has 0 aliphatic carbocycles. The van der Waals surface area contributed by atoms with Gasteiger partial charge >= 0.3 is 5.09 Å². The minimum atomic E-state index is -1.80. The van der Waals surface area contributed by atoms with Crippen molar-refractivity contribution in [3.63, 3.8) is 0 Å². The zero-order valence-electron chi connectivity index (χ0n) is 6.99. The first kappa shape index (κ1) is 11.0. The number of hydrogen-bond acceptors (Lipinski definition) is 5. The van der Waals surface area contributed by atoms with Gasteiger partial charge in [0.15, 0.2) is 17.5 Å². The fourth-order valence-electron chi connectivity index (χ4n) is 0.802. The number of rotatable bonds is 3. The van der Waals surface area contributed by atoms with Gasteiger partial charge in [-0.25, -0.2) is 19.0 Å². The Kier molecular flexibility index (Phi) is 2.95. The molecule has 0 aliphatic rings. The molecular formula is C6H4F3N3O3. The third kappa shape index (κ3) is 2.26. The highest BCUT2D eigenvalue weighted by Gasteiger charge is 2.18. The molecule has 0 atom stereocenters. The summed E-state index contributed by atoms with van der Waals surface area (Å²) in [6.45, 7) is 0. The van der Waals surface area contributed by atoms with E-state index in [1.165, 1.54) is 0 Å². The van der Waals surface area contributed by atoms with Crippen LogP contribution in [0.3, 0.4) is 0 Å². The van der Waals surface area contributed by atoms with E-state index in [1.54, 1.807) is 0 Å². The third-order valence-corrected chi connectivity index (χ3v) is 1.41. The summed E-state index contributed by atoms with van der Waals surface area (Å²) >= 11 is 0. The fraction of sp³-hybridized carbons (Fsp3) is 0. The van der Waals surface area contributed by atoms with Crippen LogP contribution < -0.4 is 11.0 Å². The SMILES string of the molecule is NN(O[N+](=O)[O-])c1ccc(F)c(F)c1F. The molecule has 82 valence electrons. The van der Waals surface area contributed by atoms with Crippen molar-refractivity contribution in [3.05, 3.63) is 39.7 Å². The van der Waals surface area contributed by atoms with E-state index < -0.39 is 28.2 Å². The lowest BCUT2D eigenvalue weighted by Crippen LogP contribution is -2.34. The summed E-state index contributed by atoms with van der Waals surface area (Å²) in [6.07, 6.45) is 0. The molecule has 0 fully saturated rings. The van der Waals surface area contributed by atoms with E-state index in [2.05, 4.69) is 4.94 Å². The van der Waals surface area contributed by atoms with Crippen LogP contribution in [0.1, 0.15) is 0 Å². The van der Waals surface area contributed by atoms with E-state index in [-0.39, 0.29) is 5.17 Å². The van der Waals surface area contributed by atoms with Crippen molar-refractivity contribution in [2.45, 2.75) is 0 Å². The Morgan fingerprint density at radius 2 is 1.93 bits per heavy atom. The van der Waals surface area contributed by atoms with Crippen LogP contribution in [0.2, 0.25) is 0 Å². The molecule has 9 heteroatoms. The lowest BCUT2D eigenvalue weighted by molar-refractivity contribution is -0.762. The van der Waals surface area contributed by atoms with Crippen LogP contribution in [0.4, 0.5) is 18.9 Å². The van der Waals surface area contributed by atoms with E-state index in [0.29, 0.717) is 12.1 Å². The first-order valence-corrected chi connectivity index (χ1v) is 3.44. The monoisotopic (exact) mass is 223 g/mol. The van der Waals surface area contributed by atoms with Crippen molar-refractivity contribution < 1.29 is 23.2 Å². The van der Waals surface area contributed by atoms with Gasteiger partial charge in [-0.05, 0) is 12.1 Å². The molecule has 0 unspecified atom stereocenters. The van der Waals surface area contributed by atoms with Crippen LogP contribution in [0, 0.1) is 27.6 Å². The highest BCUT2D eigenvalue weighted by atomic mass is 19.2. The van der Waals surface area contributed by atoms with Gasteiger partial charge in [0.1, 0.15) is 5.69 Å². The first-order valence-electron chi connectivity index (χ1n) is 3.44. The van der Waals surface area contributed by atoms with Gasteiger partial charge in [0.05, 0.1) is 0 Å². The van der Waals surface area contributed by atoms with Crippen LogP contribution >= 0.6 is 0 Å². The Balaban J connectivity index is 3.05. The minimum Gasteiger partial charge on any atom is -0.223 e. The van der Waals surface area contributed by atoms with Crippen LogP contribution in [0.25, 0.3) is 0 Å². The van der Waals surface area contributed by atoms with Gasteiger partial charge in [-0.2, -0.15) is 4.94 Å². The van der Waals surface area contributed by atoms with Crippen molar-refractivity contribution >= 4 is 5.69 Å². The molecule has 0 heterocycles. The molecule has 15 heavy (non-hydrogen) atoms. The predicted octanol–water partition coefficient (Wildman–Crippen LogP) is 0.907. The second-order valence-electron chi connectivity index (χ2n) is 2.33. The number of benzene rings is 1. The summed E-state index contributed by atoms with van der Waals surface area (Å²) in [5.74, 6) is -0.0606. The van der Waals surface area contributed by atoms with Crippen molar-refractivity contribution in [1.82, 2.24) is 0 Å². The molecule has 0 bridgehead atoms. The smallest absolute Gasteiger partial charge is 0.223 e. The maximum Gasteiger partial charge on any atom is 0.318 e. The van der Waals surface area contributed by atoms with Crippen molar-refractivity contribution in [3.8, 4) is 0 Å². The molecule has 0 aliphatic heterocycles. The maximum atomic E-state index is 12.9. The third-order valence-electron chi connectivity index (χ3n) is 1.41. The lowest BCUT2D eigenvalue weighted by Gasteiger charge is -2.14. The van der Waals surface area contributed by atoms with Crippen LogP contribution in [-0.4, -0.2) is 5.09 Å². The summed E-state index contributed by atoms with van der Waals surface area (Å²) in [7, 11) is 0. The Labute approximate surface area is 80.7 Å². The van der Waals surface area contributed by atoms with Crippen LogP contribution in [-0.2, 0) is 4.94 Å². The average molecular weight is 223 g/mol. The molecule has 0 amide bonds. The predicted molar refractivity (Wildman–Crippen MR) is 41.1 cm³/mol. The van der Waals surface area contributed by atoms with Crippen LogP contribution in [0.15, 0.2) is 12.1 Å². The van der Waals surface area contributed by atoms with E-state index in [1.807, 2.05) is 0 Å². The lowest BCUT2D eigenvalue weighted by atomic mass is 10.3. The summed E-state index contributed by atoms with van der Waals surface area (Å²) in [5, 5.41) is 8.36. The van der Waals surface area contributed by atoms with Crippen molar-refractivity contribution in [1.29, 1.82) is 0 Å². The van der Waals surface area contributed by atoms with E-state index in [4.69, 9.17) is 5.84 Å². The second kappa shape index (κ2) is 4.00. The molecule has 6 nitrogen and oxygen atoms in total. The number of nitrogens with two attached hydrogens (primary N) is 1. The Bertz CT molecular complexity index is 401. The molecule has 0 saturated carbocycles. The van der Waals surface area contributed by atoms with Gasteiger partial charge in [-0.1, -0.05) is 0 Å². The van der Waals surface area contributed by atoms with E-state index >= 15 is 0 Å². The summed E-state index contributed by atoms with van der Waals surface area (Å²) in [5.41, 5.74) is -0.800. The zero-order chi connectivity index (χ0) is 11.6. The molecule has 0 aromatic heterocycles. The maximum absolute atomic E-state index is 12.9. The number of halogens is 3. The number of hydrazine groups is 1. The standard InChI is InChI=1S/C6H4F3N3O3/c7-3-1-2-4(6(9)5(3)8)11(10)15-12(13)14/h1-2H,10H2. The second-order valence-corrected chi connectivity index (χ2v) is 2.33. The normalized spacial score (nSPS) is 9.87. The topological polar surface area (TPSA) is 81.6 Å². The molecule has 0 saturated heterocycles. The largest absolute Gasteiger partial charge is 0.318 e. The van der Waals surface area contributed by atoms with Gasteiger partial charge in [0.2, 0.25) is 0 Å². The minimum absolute atomic E-state index is 0.127. The number of hydrogen-bond donors (Lipinski definition) is 1. The Morgan fingerprint density at radius 1 is 1.33 bits per heavy atom. The molecule has 0 spiro atoms. The molecule has 2 N–H and O–H groups in total. The van der Waals surface area contributed by atoms with Crippen molar-refractivity contribution in [2.24, 2.45) is 5.84 Å². The molecule has 0 radical (unpaired) electrons. The first-order chi connectivity index (χ1) is 6.93. The van der Waals surface area contributed by atoms with Gasteiger partial charge in [-0.15, -0.1) is 15.3 Å². The summed E-state index contributed by atoms with van der Waals surface area (Å²) < 4.78 is 38.0. The van der Waals surface area contributed by atoms with Crippen LogP contribution in [0.5, 0.6) is 0 Å². The quantitative estimate of drug-likeness (QED) is 0.356. The summed E-state index contributed by atoms with van der Waals surface area (Å²) in [4.78, 5) is 13.4. The summed E-state index contributed by atoms with van der Waals surface area (Å²) in [6, 6.07) is 1.24. The van der Waals surface area contributed by atoms with Crippen molar-refractivity contribution in [2.75, 3.05) is 5.17 Å². The van der Waals surface area contributed by atoms with E-state index in [9.17, 15) is 23.3 Å². The van der Waals surface area contributed by atoms with Gasteiger partial charge in [-0.3, -0.25) is 0 Å². The molecule has 1 aromatic rings. The number of anilines is 1. The van der Waals surface area contributed by atoms with Gasteiger partial charge in [0, 0.05) is 0 Å². The Morgan fingerprint density at radius 3 is 2.47 bits per heavy atom. The fourth-order valence-corrected chi connectivity index (χ4v) is 0.802. The molecule has 1 rings (SSSR count). The highest BCUT2D eigenvalue weighted by molar-refractivity contribution is 5.44. The van der Waals surface area contributed by atoms with E-state index in [0.717, 1.165) is 0 Å². The van der Waals surface area contributed by atoms with Gasteiger partial charge in [0.25, 0.3) is 0 Å². The molecule has 1 aromatic carbocycles. The Hall–Kier alpha value is -2.03.